The van der Waals surface area contributed by atoms with Crippen molar-refractivity contribution < 1.29 is 9.90 Å². The zero-order chi connectivity index (χ0) is 16.6. The fourth-order valence-electron chi connectivity index (χ4n) is 3.39. The lowest BCUT2D eigenvalue weighted by Gasteiger charge is -2.24. The molecule has 0 radical (unpaired) electrons. The summed E-state index contributed by atoms with van der Waals surface area (Å²) in [5, 5.41) is 9.47. The third-order valence-corrected chi connectivity index (χ3v) is 4.36. The van der Waals surface area contributed by atoms with Crippen LogP contribution >= 0.6 is 0 Å². The molecule has 5 heteroatoms. The van der Waals surface area contributed by atoms with Gasteiger partial charge in [0.25, 0.3) is 5.56 Å². The van der Waals surface area contributed by atoms with Gasteiger partial charge in [0.1, 0.15) is 5.56 Å². The molecule has 0 saturated carbocycles. The van der Waals surface area contributed by atoms with Crippen molar-refractivity contribution in [3.8, 4) is 11.3 Å². The van der Waals surface area contributed by atoms with Crippen LogP contribution in [0.1, 0.15) is 34.3 Å². The number of fused-ring (bicyclic) bond motifs is 3. The van der Waals surface area contributed by atoms with Gasteiger partial charge < -0.3 is 15.0 Å². The summed E-state index contributed by atoms with van der Waals surface area (Å²) < 4.78 is 0. The van der Waals surface area contributed by atoms with Gasteiger partial charge in [-0.15, -0.1) is 0 Å². The van der Waals surface area contributed by atoms with E-state index in [1.807, 2.05) is 18.2 Å². The Bertz CT molecular complexity index is 822. The number of aromatic carboxylic acids is 1. The van der Waals surface area contributed by atoms with Gasteiger partial charge in [-0.1, -0.05) is 24.3 Å². The first-order valence-electron chi connectivity index (χ1n) is 7.78. The summed E-state index contributed by atoms with van der Waals surface area (Å²) in [6.07, 6.45) is 3.74. The predicted octanol–water partition coefficient (Wildman–Crippen LogP) is 2.68. The first-order valence-corrected chi connectivity index (χ1v) is 7.78. The van der Waals surface area contributed by atoms with E-state index in [1.165, 1.54) is 5.56 Å². The molecular weight excluding hydrogens is 292 g/mol. The first kappa shape index (κ1) is 15.3. The lowest BCUT2D eigenvalue weighted by Crippen LogP contribution is -2.27. The van der Waals surface area contributed by atoms with Crippen LogP contribution in [0.15, 0.2) is 29.1 Å². The molecule has 1 aromatic carbocycles. The van der Waals surface area contributed by atoms with Crippen LogP contribution in [0.3, 0.4) is 0 Å². The monoisotopic (exact) mass is 312 g/mol. The number of carboxylic acid groups (broad SMARTS) is 1. The maximum atomic E-state index is 12.4. The Morgan fingerprint density at radius 1 is 1.17 bits per heavy atom. The van der Waals surface area contributed by atoms with Crippen LogP contribution in [-0.4, -0.2) is 30.2 Å². The number of aryl methyl sites for hydroxylation is 1. The second kappa shape index (κ2) is 5.91. The number of aromatic amines is 1. The SMILES string of the molecule is CN(C)c1c2c([nH]c(=O)c1C(=O)O)-c1ccccc1CCCC2. The average Bonchev–Trinajstić information content (AvgIpc) is 2.49. The van der Waals surface area contributed by atoms with Crippen molar-refractivity contribution in [1.29, 1.82) is 0 Å². The maximum absolute atomic E-state index is 12.4. The number of hydrogen-bond acceptors (Lipinski definition) is 3. The van der Waals surface area contributed by atoms with Gasteiger partial charge in [-0.2, -0.15) is 0 Å². The number of carbonyl (C=O) groups is 1. The van der Waals surface area contributed by atoms with Crippen LogP contribution in [0.4, 0.5) is 5.69 Å². The van der Waals surface area contributed by atoms with E-state index in [0.29, 0.717) is 5.69 Å². The second-order valence-electron chi connectivity index (χ2n) is 6.10. The summed E-state index contributed by atoms with van der Waals surface area (Å²) in [6, 6.07) is 8.01. The van der Waals surface area contributed by atoms with Crippen LogP contribution in [-0.2, 0) is 12.8 Å². The summed E-state index contributed by atoms with van der Waals surface area (Å²) in [5.74, 6) is -1.19. The lowest BCUT2D eigenvalue weighted by atomic mass is 9.89. The molecule has 1 heterocycles. The molecule has 0 spiro atoms. The van der Waals surface area contributed by atoms with Crippen molar-refractivity contribution in [2.45, 2.75) is 25.7 Å². The average molecular weight is 312 g/mol. The van der Waals surface area contributed by atoms with Crippen molar-refractivity contribution in [1.82, 2.24) is 4.98 Å². The van der Waals surface area contributed by atoms with E-state index >= 15 is 0 Å². The zero-order valence-electron chi connectivity index (χ0n) is 13.3. The van der Waals surface area contributed by atoms with Gasteiger partial charge >= 0.3 is 5.97 Å². The van der Waals surface area contributed by atoms with Crippen molar-refractivity contribution in [3.63, 3.8) is 0 Å². The number of rotatable bonds is 2. The molecule has 2 aromatic rings. The Labute approximate surface area is 134 Å². The molecular formula is C18H20N2O3. The molecule has 0 saturated heterocycles. The highest BCUT2D eigenvalue weighted by atomic mass is 16.4. The van der Waals surface area contributed by atoms with Crippen LogP contribution in [0.2, 0.25) is 0 Å². The fourth-order valence-corrected chi connectivity index (χ4v) is 3.39. The zero-order valence-corrected chi connectivity index (χ0v) is 13.3. The van der Waals surface area contributed by atoms with Crippen LogP contribution in [0.25, 0.3) is 11.3 Å². The highest BCUT2D eigenvalue weighted by Crippen LogP contribution is 2.35. The molecule has 1 aromatic heterocycles. The molecule has 2 N–H and O–H groups in total. The van der Waals surface area contributed by atoms with E-state index in [2.05, 4.69) is 11.1 Å². The quantitative estimate of drug-likeness (QED) is 0.894. The van der Waals surface area contributed by atoms with Crippen LogP contribution in [0, 0.1) is 0 Å². The smallest absolute Gasteiger partial charge is 0.343 e. The molecule has 3 rings (SSSR count). The molecule has 0 amide bonds. The number of aromatic nitrogens is 1. The number of carboxylic acids is 1. The standard InChI is InChI=1S/C18H20N2O3/c1-20(2)16-13-10-6-4-8-11-7-3-5-9-12(11)15(13)19-17(21)14(16)18(22)23/h3,5,7,9H,4,6,8,10H2,1-2H3,(H,19,21)(H,22,23). The van der Waals surface area contributed by atoms with Gasteiger partial charge in [0, 0.05) is 25.2 Å². The van der Waals surface area contributed by atoms with Crippen molar-refractivity contribution in [2.24, 2.45) is 0 Å². The third kappa shape index (κ3) is 2.63. The number of pyridine rings is 1. The van der Waals surface area contributed by atoms with E-state index in [-0.39, 0.29) is 5.56 Å². The molecule has 1 aliphatic rings. The summed E-state index contributed by atoms with van der Waals surface area (Å²) in [5.41, 5.74) is 3.67. The number of nitrogens with zero attached hydrogens (tertiary/aromatic N) is 1. The van der Waals surface area contributed by atoms with Gasteiger partial charge in [-0.3, -0.25) is 4.79 Å². The highest BCUT2D eigenvalue weighted by Gasteiger charge is 2.25. The number of hydrogen-bond donors (Lipinski definition) is 2. The number of benzene rings is 1. The number of nitrogens with one attached hydrogen (secondary N) is 1. The third-order valence-electron chi connectivity index (χ3n) is 4.36. The van der Waals surface area contributed by atoms with Gasteiger partial charge in [0.15, 0.2) is 0 Å². The Hall–Kier alpha value is -2.56. The summed E-state index contributed by atoms with van der Waals surface area (Å²) in [7, 11) is 3.57. The Kier molecular flexibility index (Phi) is 3.94. The van der Waals surface area contributed by atoms with Crippen LogP contribution < -0.4 is 10.5 Å². The minimum absolute atomic E-state index is 0.174. The molecule has 5 nitrogen and oxygen atoms in total. The molecule has 1 aliphatic carbocycles. The first-order chi connectivity index (χ1) is 11.0. The fraction of sp³-hybridized carbons (Fsp3) is 0.333. The maximum Gasteiger partial charge on any atom is 0.343 e. The molecule has 0 aliphatic heterocycles. The molecule has 0 fully saturated rings. The number of anilines is 1. The van der Waals surface area contributed by atoms with Crippen molar-refractivity contribution in [2.75, 3.05) is 19.0 Å². The largest absolute Gasteiger partial charge is 0.477 e. The Morgan fingerprint density at radius 2 is 1.87 bits per heavy atom. The van der Waals surface area contributed by atoms with Gasteiger partial charge in [-0.05, 0) is 31.2 Å². The topological polar surface area (TPSA) is 73.4 Å². The number of H-pyrrole nitrogens is 1. The molecule has 0 unspecified atom stereocenters. The second-order valence-corrected chi connectivity index (χ2v) is 6.10. The van der Waals surface area contributed by atoms with E-state index in [0.717, 1.165) is 42.5 Å². The van der Waals surface area contributed by atoms with E-state index in [1.54, 1.807) is 19.0 Å². The minimum Gasteiger partial charge on any atom is -0.477 e. The Morgan fingerprint density at radius 3 is 2.57 bits per heavy atom. The summed E-state index contributed by atoms with van der Waals surface area (Å²) >= 11 is 0. The lowest BCUT2D eigenvalue weighted by molar-refractivity contribution is 0.0695. The van der Waals surface area contributed by atoms with E-state index in [9.17, 15) is 14.7 Å². The van der Waals surface area contributed by atoms with Gasteiger partial charge in [0.2, 0.25) is 0 Å². The van der Waals surface area contributed by atoms with Gasteiger partial charge in [0.05, 0.1) is 11.4 Å². The highest BCUT2D eigenvalue weighted by molar-refractivity contribution is 5.96. The normalized spacial score (nSPS) is 13.5. The molecule has 0 bridgehead atoms. The van der Waals surface area contributed by atoms with Crippen molar-refractivity contribution >= 4 is 11.7 Å². The minimum atomic E-state index is -1.19. The summed E-state index contributed by atoms with van der Waals surface area (Å²) in [4.78, 5) is 28.6. The molecule has 120 valence electrons. The predicted molar refractivity (Wildman–Crippen MR) is 90.4 cm³/mol. The van der Waals surface area contributed by atoms with Crippen molar-refractivity contribution in [3.05, 3.63) is 51.3 Å². The van der Waals surface area contributed by atoms with Crippen LogP contribution in [0.5, 0.6) is 0 Å². The molecule has 23 heavy (non-hydrogen) atoms. The Balaban J connectivity index is 2.40. The molecule has 0 atom stereocenters. The van der Waals surface area contributed by atoms with Gasteiger partial charge in [-0.25, -0.2) is 4.79 Å². The van der Waals surface area contributed by atoms with E-state index < -0.39 is 11.5 Å². The summed E-state index contributed by atoms with van der Waals surface area (Å²) in [6.45, 7) is 0. The van der Waals surface area contributed by atoms with E-state index in [4.69, 9.17) is 0 Å².